The molecule has 1 atom stereocenters. The van der Waals surface area contributed by atoms with Crippen molar-refractivity contribution in [1.82, 2.24) is 5.32 Å². The van der Waals surface area contributed by atoms with Gasteiger partial charge >= 0.3 is 0 Å². The van der Waals surface area contributed by atoms with E-state index in [1.807, 2.05) is 61.7 Å². The summed E-state index contributed by atoms with van der Waals surface area (Å²) < 4.78 is 17.3. The van der Waals surface area contributed by atoms with Crippen LogP contribution in [0.4, 0.5) is 0 Å². The van der Waals surface area contributed by atoms with Gasteiger partial charge in [-0.2, -0.15) is 0 Å². The molecule has 1 amide bonds. The predicted octanol–water partition coefficient (Wildman–Crippen LogP) is 4.38. The number of furan rings is 1. The Morgan fingerprint density at radius 3 is 2.89 bits per heavy atom. The highest BCUT2D eigenvalue weighted by atomic mass is 32.1. The molecule has 1 N–H and O–H groups in total. The minimum Gasteiger partial charge on any atom is -0.483 e. The van der Waals surface area contributed by atoms with Crippen molar-refractivity contribution >= 4 is 17.2 Å². The van der Waals surface area contributed by atoms with Gasteiger partial charge in [-0.1, -0.05) is 18.2 Å². The molecule has 0 saturated heterocycles. The zero-order valence-corrected chi connectivity index (χ0v) is 16.8. The van der Waals surface area contributed by atoms with Crippen molar-refractivity contribution in [2.75, 3.05) is 13.2 Å². The molecule has 146 valence electrons. The third kappa shape index (κ3) is 4.07. The number of benzene rings is 1. The van der Waals surface area contributed by atoms with E-state index < -0.39 is 0 Å². The van der Waals surface area contributed by atoms with Crippen LogP contribution in [0.5, 0.6) is 11.5 Å². The molecule has 3 heterocycles. The number of carbonyl (C=O) groups excluding carboxylic acids is 1. The van der Waals surface area contributed by atoms with Gasteiger partial charge < -0.3 is 19.2 Å². The van der Waals surface area contributed by atoms with Gasteiger partial charge in [0.25, 0.3) is 5.91 Å². The molecule has 2 aromatic heterocycles. The van der Waals surface area contributed by atoms with Crippen molar-refractivity contribution in [1.29, 1.82) is 0 Å². The zero-order valence-electron chi connectivity index (χ0n) is 15.9. The second kappa shape index (κ2) is 7.72. The largest absolute Gasteiger partial charge is 0.483 e. The van der Waals surface area contributed by atoms with Crippen molar-refractivity contribution in [3.8, 4) is 11.5 Å². The van der Waals surface area contributed by atoms with E-state index in [2.05, 4.69) is 5.32 Å². The molecule has 0 aliphatic carbocycles. The lowest BCUT2D eigenvalue weighted by Gasteiger charge is -2.18. The molecule has 0 spiro atoms. The first-order valence-electron chi connectivity index (χ1n) is 9.29. The number of ether oxygens (including phenoxy) is 2. The van der Waals surface area contributed by atoms with E-state index >= 15 is 0 Å². The molecule has 1 aliphatic heterocycles. The molecule has 0 radical (unpaired) electrons. The number of carbonyl (C=O) groups is 1. The van der Waals surface area contributed by atoms with Crippen LogP contribution < -0.4 is 14.8 Å². The van der Waals surface area contributed by atoms with E-state index in [9.17, 15) is 4.79 Å². The van der Waals surface area contributed by atoms with Crippen LogP contribution in [0.25, 0.3) is 0 Å². The van der Waals surface area contributed by atoms with Crippen LogP contribution in [0.15, 0.2) is 58.5 Å². The lowest BCUT2D eigenvalue weighted by Crippen LogP contribution is -2.32. The number of hydrogen-bond donors (Lipinski definition) is 1. The Kier molecular flexibility index (Phi) is 5.13. The Balaban J connectivity index is 1.36. The van der Waals surface area contributed by atoms with E-state index in [1.165, 1.54) is 0 Å². The van der Waals surface area contributed by atoms with Crippen LogP contribution in [0.1, 0.15) is 36.0 Å². The normalized spacial score (nSPS) is 15.5. The topological polar surface area (TPSA) is 60.7 Å². The molecule has 3 aromatic rings. The molecule has 0 bridgehead atoms. The van der Waals surface area contributed by atoms with Crippen LogP contribution in [0, 0.1) is 0 Å². The van der Waals surface area contributed by atoms with Gasteiger partial charge in [-0.05, 0) is 43.5 Å². The van der Waals surface area contributed by atoms with Gasteiger partial charge in [0.05, 0.1) is 12.2 Å². The number of nitrogens with one attached hydrogen (secondary N) is 1. The third-order valence-electron chi connectivity index (χ3n) is 4.69. The molecule has 1 aromatic carbocycles. The van der Waals surface area contributed by atoms with Gasteiger partial charge in [0.15, 0.2) is 18.1 Å². The summed E-state index contributed by atoms with van der Waals surface area (Å²) in [7, 11) is 0. The van der Waals surface area contributed by atoms with Crippen molar-refractivity contribution in [2.24, 2.45) is 0 Å². The van der Waals surface area contributed by atoms with Crippen molar-refractivity contribution < 1.29 is 18.7 Å². The summed E-state index contributed by atoms with van der Waals surface area (Å²) in [4.78, 5) is 13.5. The zero-order chi connectivity index (χ0) is 19.6. The highest BCUT2D eigenvalue weighted by Crippen LogP contribution is 2.41. The van der Waals surface area contributed by atoms with Gasteiger partial charge in [-0.3, -0.25) is 4.79 Å². The molecule has 4 rings (SSSR count). The first-order chi connectivity index (χ1) is 13.5. The van der Waals surface area contributed by atoms with Gasteiger partial charge in [0.2, 0.25) is 0 Å². The number of fused-ring (bicyclic) bond motifs is 1. The maximum absolute atomic E-state index is 12.4. The highest BCUT2D eigenvalue weighted by Gasteiger charge is 2.32. The summed E-state index contributed by atoms with van der Waals surface area (Å²) in [5.41, 5.74) is 0.861. The maximum Gasteiger partial charge on any atom is 0.257 e. The molecule has 0 saturated carbocycles. The molecular formula is C22H23NO4S. The number of rotatable bonds is 7. The smallest absolute Gasteiger partial charge is 0.257 e. The van der Waals surface area contributed by atoms with Crippen LogP contribution in [0.3, 0.4) is 0 Å². The van der Waals surface area contributed by atoms with Crippen LogP contribution in [-0.2, 0) is 11.2 Å². The Labute approximate surface area is 168 Å². The first-order valence-corrected chi connectivity index (χ1v) is 10.2. The average Bonchev–Trinajstić information content (AvgIpc) is 3.40. The van der Waals surface area contributed by atoms with E-state index in [0.717, 1.165) is 28.4 Å². The lowest BCUT2D eigenvalue weighted by atomic mass is 10.0. The van der Waals surface area contributed by atoms with Gasteiger partial charge in [0.1, 0.15) is 11.4 Å². The van der Waals surface area contributed by atoms with Crippen molar-refractivity contribution in [3.63, 3.8) is 0 Å². The minimum absolute atomic E-state index is 0.0101. The van der Waals surface area contributed by atoms with Gasteiger partial charge in [0, 0.05) is 23.4 Å². The van der Waals surface area contributed by atoms with Crippen LogP contribution in [0.2, 0.25) is 0 Å². The predicted molar refractivity (Wildman–Crippen MR) is 108 cm³/mol. The number of hydrogen-bond acceptors (Lipinski definition) is 5. The summed E-state index contributed by atoms with van der Waals surface area (Å²) in [6.07, 6.45) is 2.48. The SMILES string of the molecule is CC1(C)Cc2cccc(OCC(=O)NC[C@H](c3ccco3)c3cccs3)c2O1. The van der Waals surface area contributed by atoms with Crippen molar-refractivity contribution in [2.45, 2.75) is 31.8 Å². The standard InChI is InChI=1S/C22H23NO4S/c1-22(2)12-15-6-3-7-18(21(15)27-22)26-14-20(24)23-13-16(17-8-4-10-25-17)19-9-5-11-28-19/h3-11,16H,12-14H2,1-2H3,(H,23,24)/t16-/m1/s1. The third-order valence-corrected chi connectivity index (χ3v) is 5.68. The van der Waals surface area contributed by atoms with E-state index in [4.69, 9.17) is 13.9 Å². The maximum atomic E-state index is 12.4. The number of amides is 1. The Morgan fingerprint density at radius 2 is 2.14 bits per heavy atom. The molecule has 28 heavy (non-hydrogen) atoms. The molecule has 6 heteroatoms. The van der Waals surface area contributed by atoms with Crippen LogP contribution in [-0.4, -0.2) is 24.7 Å². The fraction of sp³-hybridized carbons (Fsp3) is 0.318. The van der Waals surface area contributed by atoms with Gasteiger partial charge in [-0.15, -0.1) is 11.3 Å². The fourth-order valence-electron chi connectivity index (χ4n) is 3.43. The van der Waals surface area contributed by atoms with E-state index in [0.29, 0.717) is 12.3 Å². The minimum atomic E-state index is -0.249. The molecule has 0 fully saturated rings. The van der Waals surface area contributed by atoms with E-state index in [-0.39, 0.29) is 24.0 Å². The Hall–Kier alpha value is -2.73. The molecular weight excluding hydrogens is 374 g/mol. The second-order valence-electron chi connectivity index (χ2n) is 7.46. The Bertz CT molecular complexity index is 897. The van der Waals surface area contributed by atoms with Crippen LogP contribution >= 0.6 is 11.3 Å². The monoisotopic (exact) mass is 397 g/mol. The number of para-hydroxylation sites is 1. The molecule has 1 aliphatic rings. The highest BCUT2D eigenvalue weighted by molar-refractivity contribution is 7.10. The lowest BCUT2D eigenvalue weighted by molar-refractivity contribution is -0.123. The second-order valence-corrected chi connectivity index (χ2v) is 8.44. The Morgan fingerprint density at radius 1 is 1.25 bits per heavy atom. The molecule has 0 unspecified atom stereocenters. The van der Waals surface area contributed by atoms with Crippen molar-refractivity contribution in [3.05, 3.63) is 70.3 Å². The quantitative estimate of drug-likeness (QED) is 0.643. The number of thiophene rings is 1. The fourth-order valence-corrected chi connectivity index (χ4v) is 4.27. The summed E-state index contributed by atoms with van der Waals surface area (Å²) >= 11 is 1.65. The van der Waals surface area contributed by atoms with E-state index in [1.54, 1.807) is 17.6 Å². The summed E-state index contributed by atoms with van der Waals surface area (Å²) in [5, 5.41) is 4.98. The first kappa shape index (κ1) is 18.6. The summed E-state index contributed by atoms with van der Waals surface area (Å²) in [5.74, 6) is 2.00. The molecule has 5 nitrogen and oxygen atoms in total. The average molecular weight is 397 g/mol. The van der Waals surface area contributed by atoms with Gasteiger partial charge in [-0.25, -0.2) is 0 Å². The summed E-state index contributed by atoms with van der Waals surface area (Å²) in [6, 6.07) is 13.6. The summed E-state index contributed by atoms with van der Waals surface area (Å²) in [6.45, 7) is 4.48.